The Balaban J connectivity index is 1.92. The molecular weight excluding hydrogens is 262 g/mol. The van der Waals surface area contributed by atoms with Crippen molar-refractivity contribution in [2.24, 2.45) is 0 Å². The summed E-state index contributed by atoms with van der Waals surface area (Å²) in [7, 11) is 0. The van der Waals surface area contributed by atoms with Crippen LogP contribution >= 0.6 is 11.6 Å². The van der Waals surface area contributed by atoms with Gasteiger partial charge in [0.15, 0.2) is 5.82 Å². The zero-order valence-corrected chi connectivity index (χ0v) is 10.6. The third-order valence-electron chi connectivity index (χ3n) is 2.79. The maximum atomic E-state index is 12.0. The number of hydrogen-bond acceptors (Lipinski definition) is 2. The molecule has 0 saturated carbocycles. The molecule has 94 valence electrons. The van der Waals surface area contributed by atoms with Gasteiger partial charge in [0, 0.05) is 16.0 Å². The minimum atomic E-state index is -0.191. The lowest BCUT2D eigenvalue weighted by molar-refractivity contribution is 0.102. The number of aromatic nitrogens is 2. The Morgan fingerprint density at radius 2 is 1.95 bits per heavy atom. The summed E-state index contributed by atoms with van der Waals surface area (Å²) in [4.78, 5) is 12.0. The highest BCUT2D eigenvalue weighted by atomic mass is 35.5. The Labute approximate surface area is 114 Å². The molecule has 5 heteroatoms. The number of halogens is 1. The van der Waals surface area contributed by atoms with Crippen LogP contribution in [0.5, 0.6) is 0 Å². The Bertz CT molecular complexity index is 737. The fourth-order valence-electron chi connectivity index (χ4n) is 1.86. The van der Waals surface area contributed by atoms with Crippen LogP contribution in [0.4, 0.5) is 5.82 Å². The van der Waals surface area contributed by atoms with Crippen molar-refractivity contribution >= 4 is 34.2 Å². The van der Waals surface area contributed by atoms with Crippen molar-refractivity contribution in [3.63, 3.8) is 0 Å². The molecule has 3 aromatic rings. The number of aromatic amines is 1. The minimum Gasteiger partial charge on any atom is -0.305 e. The van der Waals surface area contributed by atoms with Crippen molar-refractivity contribution in [2.45, 2.75) is 0 Å². The summed E-state index contributed by atoms with van der Waals surface area (Å²) >= 11 is 5.89. The fourth-order valence-corrected chi connectivity index (χ4v) is 2.03. The molecule has 0 aliphatic carbocycles. The van der Waals surface area contributed by atoms with E-state index >= 15 is 0 Å². The lowest BCUT2D eigenvalue weighted by Gasteiger charge is -2.02. The first-order valence-corrected chi connectivity index (χ1v) is 6.12. The number of carbonyl (C=O) groups is 1. The predicted molar refractivity (Wildman–Crippen MR) is 75.5 cm³/mol. The maximum absolute atomic E-state index is 12.0. The molecule has 4 nitrogen and oxygen atoms in total. The smallest absolute Gasteiger partial charge is 0.256 e. The largest absolute Gasteiger partial charge is 0.305 e. The molecule has 0 bridgehead atoms. The number of rotatable bonds is 2. The van der Waals surface area contributed by atoms with Crippen molar-refractivity contribution in [1.82, 2.24) is 10.2 Å². The summed E-state index contributed by atoms with van der Waals surface area (Å²) in [5.41, 5.74) is 1.38. The summed E-state index contributed by atoms with van der Waals surface area (Å²) in [6, 6.07) is 14.3. The van der Waals surface area contributed by atoms with E-state index < -0.39 is 0 Å². The molecular formula is C14H10ClN3O. The molecule has 0 unspecified atom stereocenters. The predicted octanol–water partition coefficient (Wildman–Crippen LogP) is 3.47. The van der Waals surface area contributed by atoms with E-state index in [9.17, 15) is 4.79 Å². The zero-order chi connectivity index (χ0) is 13.2. The highest BCUT2D eigenvalue weighted by Gasteiger charge is 2.10. The van der Waals surface area contributed by atoms with Crippen LogP contribution in [0, 0.1) is 0 Å². The van der Waals surface area contributed by atoms with Gasteiger partial charge in [-0.2, -0.15) is 5.10 Å². The molecule has 0 saturated heterocycles. The number of hydrogen-bond donors (Lipinski definition) is 2. The summed E-state index contributed by atoms with van der Waals surface area (Å²) < 4.78 is 0. The Morgan fingerprint density at radius 3 is 2.74 bits per heavy atom. The van der Waals surface area contributed by atoms with Crippen LogP contribution < -0.4 is 5.32 Å². The number of nitrogens with one attached hydrogen (secondary N) is 2. The van der Waals surface area contributed by atoms with Gasteiger partial charge in [0.25, 0.3) is 5.91 Å². The van der Waals surface area contributed by atoms with Crippen molar-refractivity contribution < 1.29 is 4.79 Å². The topological polar surface area (TPSA) is 57.8 Å². The van der Waals surface area contributed by atoms with Crippen LogP contribution in [-0.2, 0) is 0 Å². The summed E-state index contributed by atoms with van der Waals surface area (Å²) in [6.07, 6.45) is 0. The number of nitrogens with zero attached hydrogens (tertiary/aromatic N) is 1. The van der Waals surface area contributed by atoms with Gasteiger partial charge < -0.3 is 5.32 Å². The van der Waals surface area contributed by atoms with E-state index in [1.165, 1.54) is 0 Å². The summed E-state index contributed by atoms with van der Waals surface area (Å²) in [5, 5.41) is 11.1. The number of carbonyl (C=O) groups excluding carboxylic acids is 1. The number of anilines is 1. The van der Waals surface area contributed by atoms with Crippen molar-refractivity contribution in [1.29, 1.82) is 0 Å². The van der Waals surface area contributed by atoms with Gasteiger partial charge in [-0.3, -0.25) is 9.89 Å². The molecule has 1 aromatic heterocycles. The quantitative estimate of drug-likeness (QED) is 0.750. The highest BCUT2D eigenvalue weighted by molar-refractivity contribution is 6.31. The van der Waals surface area contributed by atoms with E-state index in [2.05, 4.69) is 15.5 Å². The second-order valence-corrected chi connectivity index (χ2v) is 4.52. The van der Waals surface area contributed by atoms with Crippen LogP contribution in [-0.4, -0.2) is 16.1 Å². The van der Waals surface area contributed by atoms with Gasteiger partial charge in [-0.25, -0.2) is 0 Å². The molecule has 0 fully saturated rings. The highest BCUT2D eigenvalue weighted by Crippen LogP contribution is 2.23. The molecule has 3 rings (SSSR count). The number of fused-ring (bicyclic) bond motifs is 1. The Kier molecular flexibility index (Phi) is 2.93. The first-order chi connectivity index (χ1) is 9.24. The second-order valence-electron chi connectivity index (χ2n) is 4.08. The van der Waals surface area contributed by atoms with Crippen LogP contribution in [0.1, 0.15) is 10.4 Å². The van der Waals surface area contributed by atoms with Gasteiger partial charge in [-0.15, -0.1) is 0 Å². The van der Waals surface area contributed by atoms with Crippen LogP contribution in [0.15, 0.2) is 48.5 Å². The van der Waals surface area contributed by atoms with E-state index in [1.807, 2.05) is 24.3 Å². The third kappa shape index (κ3) is 2.30. The van der Waals surface area contributed by atoms with E-state index in [1.54, 1.807) is 24.3 Å². The number of benzene rings is 2. The normalized spacial score (nSPS) is 10.6. The van der Waals surface area contributed by atoms with Crippen molar-refractivity contribution in [3.8, 4) is 0 Å². The molecule has 1 heterocycles. The van der Waals surface area contributed by atoms with E-state index in [0.717, 1.165) is 10.9 Å². The van der Waals surface area contributed by atoms with E-state index in [0.29, 0.717) is 16.4 Å². The fraction of sp³-hybridized carbons (Fsp3) is 0. The first kappa shape index (κ1) is 11.7. The van der Waals surface area contributed by atoms with E-state index in [4.69, 9.17) is 11.6 Å². The lowest BCUT2D eigenvalue weighted by Crippen LogP contribution is -2.12. The monoisotopic (exact) mass is 271 g/mol. The van der Waals surface area contributed by atoms with Crippen molar-refractivity contribution in [3.05, 3.63) is 59.1 Å². The van der Waals surface area contributed by atoms with Gasteiger partial charge in [0.2, 0.25) is 0 Å². The minimum absolute atomic E-state index is 0.191. The molecule has 1 amide bonds. The summed E-state index contributed by atoms with van der Waals surface area (Å²) in [6.45, 7) is 0. The molecule has 19 heavy (non-hydrogen) atoms. The average molecular weight is 272 g/mol. The zero-order valence-electron chi connectivity index (χ0n) is 9.85. The second kappa shape index (κ2) is 4.74. The van der Waals surface area contributed by atoms with Crippen molar-refractivity contribution in [2.75, 3.05) is 5.32 Å². The van der Waals surface area contributed by atoms with Crippen LogP contribution in [0.25, 0.3) is 10.9 Å². The molecule has 0 atom stereocenters. The Morgan fingerprint density at radius 1 is 1.16 bits per heavy atom. The SMILES string of the molecule is O=C(Nc1n[nH]c2cc(Cl)ccc12)c1ccccc1. The summed E-state index contributed by atoms with van der Waals surface area (Å²) in [5.74, 6) is 0.310. The molecule has 0 spiro atoms. The first-order valence-electron chi connectivity index (χ1n) is 5.74. The van der Waals surface area contributed by atoms with Gasteiger partial charge in [-0.1, -0.05) is 29.8 Å². The average Bonchev–Trinajstić information content (AvgIpc) is 2.82. The van der Waals surface area contributed by atoms with Gasteiger partial charge in [-0.05, 0) is 30.3 Å². The van der Waals surface area contributed by atoms with Gasteiger partial charge in [0.05, 0.1) is 5.52 Å². The van der Waals surface area contributed by atoms with Gasteiger partial charge >= 0.3 is 0 Å². The van der Waals surface area contributed by atoms with E-state index in [-0.39, 0.29) is 5.91 Å². The van der Waals surface area contributed by atoms with Gasteiger partial charge in [0.1, 0.15) is 0 Å². The Hall–Kier alpha value is -2.33. The maximum Gasteiger partial charge on any atom is 0.256 e. The lowest BCUT2D eigenvalue weighted by atomic mass is 10.2. The number of H-pyrrole nitrogens is 1. The van der Waals surface area contributed by atoms with Crippen LogP contribution in [0.3, 0.4) is 0 Å². The molecule has 2 aromatic carbocycles. The molecule has 0 aliphatic rings. The number of amides is 1. The third-order valence-corrected chi connectivity index (χ3v) is 3.03. The molecule has 0 radical (unpaired) electrons. The van der Waals surface area contributed by atoms with Crippen LogP contribution in [0.2, 0.25) is 5.02 Å². The molecule has 0 aliphatic heterocycles. The standard InChI is InChI=1S/C14H10ClN3O/c15-10-6-7-11-12(8-10)17-18-13(11)16-14(19)9-4-2-1-3-5-9/h1-8H,(H2,16,17,18,19). The molecule has 2 N–H and O–H groups in total.